The van der Waals surface area contributed by atoms with E-state index in [2.05, 4.69) is 21.4 Å². The van der Waals surface area contributed by atoms with Crippen LogP contribution in [0.3, 0.4) is 0 Å². The average Bonchev–Trinajstić information content (AvgIpc) is 2.29. The Balaban J connectivity index is 2.37. The van der Waals surface area contributed by atoms with Crippen molar-refractivity contribution in [1.29, 1.82) is 0 Å². The fraction of sp³-hybridized carbons (Fsp3) is 0.400. The van der Waals surface area contributed by atoms with Crippen molar-refractivity contribution in [3.05, 3.63) is 21.9 Å². The quantitative estimate of drug-likeness (QED) is 0.865. The number of nitrogens with one attached hydrogen (secondary N) is 1. The van der Waals surface area contributed by atoms with E-state index in [4.69, 9.17) is 14.3 Å². The van der Waals surface area contributed by atoms with Gasteiger partial charge in [-0.15, -0.1) is 0 Å². The molecule has 16 heavy (non-hydrogen) atoms. The topological polar surface area (TPSA) is 39.7 Å². The third-order valence-electron chi connectivity index (χ3n) is 2.21. The number of halogens is 2. The lowest BCUT2D eigenvalue weighted by molar-refractivity contribution is 0.0854. The Hall–Kier alpha value is -0.850. The van der Waals surface area contributed by atoms with Crippen molar-refractivity contribution >= 4 is 15.9 Å². The fourth-order valence-electron chi connectivity index (χ4n) is 1.46. The Morgan fingerprint density at radius 2 is 2.25 bits per heavy atom. The summed E-state index contributed by atoms with van der Waals surface area (Å²) in [5.41, 5.74) is 3.04. The van der Waals surface area contributed by atoms with Crippen molar-refractivity contribution < 1.29 is 18.7 Å². The van der Waals surface area contributed by atoms with Crippen LogP contribution >= 0.6 is 15.9 Å². The molecule has 0 radical (unpaired) electrons. The van der Waals surface area contributed by atoms with Crippen LogP contribution in [0.5, 0.6) is 11.5 Å². The molecule has 0 aromatic heterocycles. The van der Waals surface area contributed by atoms with Gasteiger partial charge in [-0.3, -0.25) is 0 Å². The van der Waals surface area contributed by atoms with E-state index in [1.807, 2.05) is 0 Å². The summed E-state index contributed by atoms with van der Waals surface area (Å²) in [7, 11) is 1.48. The third-order valence-corrected chi connectivity index (χ3v) is 3.05. The van der Waals surface area contributed by atoms with Crippen molar-refractivity contribution in [1.82, 2.24) is 5.48 Å². The van der Waals surface area contributed by atoms with Gasteiger partial charge >= 0.3 is 0 Å². The average molecular weight is 292 g/mol. The monoisotopic (exact) mass is 291 g/mol. The van der Waals surface area contributed by atoms with Gasteiger partial charge in [0.1, 0.15) is 19.0 Å². The fourth-order valence-corrected chi connectivity index (χ4v) is 2.10. The summed E-state index contributed by atoms with van der Waals surface area (Å²) in [6.45, 7) is 1.16. The van der Waals surface area contributed by atoms with E-state index >= 15 is 0 Å². The lowest BCUT2D eigenvalue weighted by Gasteiger charge is -2.21. The van der Waals surface area contributed by atoms with E-state index in [-0.39, 0.29) is 12.4 Å². The lowest BCUT2D eigenvalue weighted by Crippen LogP contribution is -2.18. The standard InChI is InChI=1S/C10H11BrFNO3/c1-14-13-5-6-7(12)4-8-10(9(6)11)16-3-2-15-8/h4,13H,2-3,5H2,1H3. The second kappa shape index (κ2) is 4.99. The number of hydrogen-bond acceptors (Lipinski definition) is 4. The Labute approximate surface area is 101 Å². The van der Waals surface area contributed by atoms with E-state index < -0.39 is 0 Å². The summed E-state index contributed by atoms with van der Waals surface area (Å²) < 4.78 is 25.0. The van der Waals surface area contributed by atoms with Gasteiger partial charge in [0.25, 0.3) is 0 Å². The zero-order valence-electron chi connectivity index (χ0n) is 8.68. The summed E-state index contributed by atoms with van der Waals surface area (Å²) in [6, 6.07) is 1.33. The van der Waals surface area contributed by atoms with Crippen LogP contribution in [-0.2, 0) is 11.4 Å². The zero-order valence-corrected chi connectivity index (χ0v) is 10.3. The van der Waals surface area contributed by atoms with E-state index in [0.717, 1.165) is 0 Å². The Morgan fingerprint density at radius 1 is 1.50 bits per heavy atom. The molecule has 0 saturated heterocycles. The molecule has 1 aliphatic heterocycles. The lowest BCUT2D eigenvalue weighted by atomic mass is 10.2. The molecular weight excluding hydrogens is 281 g/mol. The summed E-state index contributed by atoms with van der Waals surface area (Å²) in [6.07, 6.45) is 0. The van der Waals surface area contributed by atoms with Crippen LogP contribution in [0.15, 0.2) is 10.5 Å². The minimum Gasteiger partial charge on any atom is -0.486 e. The molecular formula is C10H11BrFNO3. The molecule has 1 heterocycles. The van der Waals surface area contributed by atoms with Gasteiger partial charge in [-0.05, 0) is 15.9 Å². The van der Waals surface area contributed by atoms with Gasteiger partial charge in [0.05, 0.1) is 18.1 Å². The number of rotatable bonds is 3. The number of hydrogen-bond donors (Lipinski definition) is 1. The van der Waals surface area contributed by atoms with Gasteiger partial charge in [0.15, 0.2) is 11.5 Å². The first-order valence-electron chi connectivity index (χ1n) is 4.76. The predicted molar refractivity (Wildman–Crippen MR) is 58.9 cm³/mol. The molecule has 0 saturated carbocycles. The SMILES string of the molecule is CONCc1c(F)cc2c(c1Br)OCCO2. The molecule has 0 atom stereocenters. The number of fused-ring (bicyclic) bond motifs is 1. The Morgan fingerprint density at radius 3 is 3.00 bits per heavy atom. The van der Waals surface area contributed by atoms with Crippen molar-refractivity contribution in [3.8, 4) is 11.5 Å². The summed E-state index contributed by atoms with van der Waals surface area (Å²) in [5.74, 6) is 0.609. The third kappa shape index (κ3) is 2.14. The minimum atomic E-state index is -0.360. The molecule has 0 spiro atoms. The maximum absolute atomic E-state index is 13.7. The summed E-state index contributed by atoms with van der Waals surface area (Å²) in [4.78, 5) is 4.69. The van der Waals surface area contributed by atoms with E-state index in [1.54, 1.807) is 0 Å². The van der Waals surface area contributed by atoms with Crippen molar-refractivity contribution in [3.63, 3.8) is 0 Å². The molecule has 0 unspecified atom stereocenters. The predicted octanol–water partition coefficient (Wildman–Crippen LogP) is 2.01. The van der Waals surface area contributed by atoms with Gasteiger partial charge in [-0.25, -0.2) is 4.39 Å². The van der Waals surface area contributed by atoms with E-state index in [1.165, 1.54) is 13.2 Å². The highest BCUT2D eigenvalue weighted by Gasteiger charge is 2.21. The minimum absolute atomic E-state index is 0.250. The van der Waals surface area contributed by atoms with Crippen molar-refractivity contribution in [2.75, 3.05) is 20.3 Å². The highest BCUT2D eigenvalue weighted by atomic mass is 79.9. The first-order chi connectivity index (χ1) is 7.74. The van der Waals surface area contributed by atoms with Crippen LogP contribution < -0.4 is 15.0 Å². The van der Waals surface area contributed by atoms with Crippen LogP contribution in [0.25, 0.3) is 0 Å². The normalized spacial score (nSPS) is 13.9. The molecule has 1 aromatic rings. The van der Waals surface area contributed by atoms with Gasteiger partial charge in [0, 0.05) is 11.6 Å². The second-order valence-electron chi connectivity index (χ2n) is 3.20. The smallest absolute Gasteiger partial charge is 0.176 e. The van der Waals surface area contributed by atoms with Gasteiger partial charge in [-0.2, -0.15) is 5.48 Å². The maximum atomic E-state index is 13.7. The maximum Gasteiger partial charge on any atom is 0.176 e. The van der Waals surface area contributed by atoms with Crippen molar-refractivity contribution in [2.24, 2.45) is 0 Å². The molecule has 0 bridgehead atoms. The van der Waals surface area contributed by atoms with Crippen LogP contribution in [0.2, 0.25) is 0 Å². The van der Waals surface area contributed by atoms with Crippen LogP contribution in [0, 0.1) is 5.82 Å². The first-order valence-corrected chi connectivity index (χ1v) is 5.55. The highest BCUT2D eigenvalue weighted by molar-refractivity contribution is 9.10. The molecule has 4 nitrogen and oxygen atoms in total. The zero-order chi connectivity index (χ0) is 11.5. The van der Waals surface area contributed by atoms with Crippen LogP contribution in [0.1, 0.15) is 5.56 Å². The Kier molecular flexibility index (Phi) is 3.63. The van der Waals surface area contributed by atoms with Gasteiger partial charge in [0.2, 0.25) is 0 Å². The molecule has 0 fully saturated rings. The van der Waals surface area contributed by atoms with E-state index in [9.17, 15) is 4.39 Å². The molecule has 1 N–H and O–H groups in total. The first kappa shape index (κ1) is 11.6. The molecule has 1 aromatic carbocycles. The number of hydroxylamine groups is 1. The largest absolute Gasteiger partial charge is 0.486 e. The number of ether oxygens (including phenoxy) is 2. The molecule has 0 amide bonds. The molecule has 2 rings (SSSR count). The number of benzene rings is 1. The van der Waals surface area contributed by atoms with Crippen LogP contribution in [0.4, 0.5) is 4.39 Å². The molecule has 6 heteroatoms. The second-order valence-corrected chi connectivity index (χ2v) is 3.99. The van der Waals surface area contributed by atoms with E-state index in [0.29, 0.717) is 34.7 Å². The van der Waals surface area contributed by atoms with Gasteiger partial charge < -0.3 is 14.3 Å². The van der Waals surface area contributed by atoms with Gasteiger partial charge in [-0.1, -0.05) is 0 Å². The van der Waals surface area contributed by atoms with Crippen molar-refractivity contribution in [2.45, 2.75) is 6.54 Å². The summed E-state index contributed by atoms with van der Waals surface area (Å²) >= 11 is 3.31. The molecule has 1 aliphatic rings. The highest BCUT2D eigenvalue weighted by Crippen LogP contribution is 2.41. The summed E-state index contributed by atoms with van der Waals surface area (Å²) in [5, 5.41) is 0. The Bertz CT molecular complexity index is 400. The molecule has 0 aliphatic carbocycles. The van der Waals surface area contributed by atoms with Crippen LogP contribution in [-0.4, -0.2) is 20.3 Å². The molecule has 88 valence electrons.